The number of carbonyl (C=O) groups is 2. The molecule has 1 amide bonds. The Morgan fingerprint density at radius 3 is 2.45 bits per heavy atom. The Labute approximate surface area is 181 Å². The maximum Gasteiger partial charge on any atom is 0.338 e. The smallest absolute Gasteiger partial charge is 0.338 e. The molecule has 0 saturated carbocycles. The van der Waals surface area contributed by atoms with Crippen LogP contribution >= 0.6 is 0 Å². The summed E-state index contributed by atoms with van der Waals surface area (Å²) in [4.78, 5) is 23.9. The fourth-order valence-electron chi connectivity index (χ4n) is 3.39. The van der Waals surface area contributed by atoms with Crippen molar-refractivity contribution < 1.29 is 27.1 Å². The second-order valence-corrected chi connectivity index (χ2v) is 9.29. The Kier molecular flexibility index (Phi) is 7.40. The van der Waals surface area contributed by atoms with Crippen molar-refractivity contribution in [1.82, 2.24) is 9.62 Å². The highest BCUT2D eigenvalue weighted by Gasteiger charge is 2.29. The molecule has 1 saturated heterocycles. The van der Waals surface area contributed by atoms with Crippen LogP contribution in [0, 0.1) is 5.82 Å². The van der Waals surface area contributed by atoms with Gasteiger partial charge in [-0.25, -0.2) is 17.6 Å². The number of ether oxygens (including phenoxy) is 1. The molecule has 3 rings (SSSR count). The van der Waals surface area contributed by atoms with Gasteiger partial charge in [0.25, 0.3) is 5.91 Å². The maximum absolute atomic E-state index is 14.3. The minimum absolute atomic E-state index is 0.138. The van der Waals surface area contributed by atoms with Gasteiger partial charge < -0.3 is 10.1 Å². The van der Waals surface area contributed by atoms with Crippen molar-refractivity contribution in [2.24, 2.45) is 0 Å². The zero-order valence-electron chi connectivity index (χ0n) is 17.2. The number of benzene rings is 2. The largest absolute Gasteiger partial charge is 0.452 e. The SMILES string of the molecule is CC(NC(=O)COC(=O)c1ccc(F)c(S(=O)(=O)N2CCCCC2)c1)c1ccccc1. The van der Waals surface area contributed by atoms with E-state index in [9.17, 15) is 22.4 Å². The summed E-state index contributed by atoms with van der Waals surface area (Å²) in [6.45, 7) is 1.89. The highest BCUT2D eigenvalue weighted by atomic mass is 32.2. The van der Waals surface area contributed by atoms with Gasteiger partial charge in [0.2, 0.25) is 10.0 Å². The number of hydrogen-bond acceptors (Lipinski definition) is 5. The minimum atomic E-state index is -4.06. The first-order valence-electron chi connectivity index (χ1n) is 10.1. The van der Waals surface area contributed by atoms with Crippen LogP contribution in [0.15, 0.2) is 53.4 Å². The monoisotopic (exact) mass is 448 g/mol. The molecule has 0 aliphatic carbocycles. The van der Waals surface area contributed by atoms with Crippen LogP contribution in [-0.2, 0) is 19.6 Å². The summed E-state index contributed by atoms with van der Waals surface area (Å²) in [5.41, 5.74) is 0.758. The third-order valence-electron chi connectivity index (χ3n) is 5.11. The van der Waals surface area contributed by atoms with E-state index in [1.807, 2.05) is 30.3 Å². The second-order valence-electron chi connectivity index (χ2n) is 7.39. The molecule has 2 aromatic carbocycles. The molecular formula is C22H25FN2O5S. The first-order chi connectivity index (χ1) is 14.8. The summed E-state index contributed by atoms with van der Waals surface area (Å²) in [6.07, 6.45) is 2.34. The topological polar surface area (TPSA) is 92.8 Å². The Balaban J connectivity index is 1.64. The molecule has 0 radical (unpaired) electrons. The standard InChI is InChI=1S/C22H25FN2O5S/c1-16(17-8-4-2-5-9-17)24-21(26)15-30-22(27)18-10-11-19(23)20(14-18)31(28,29)25-12-6-3-7-13-25/h2,4-5,8-11,14,16H,3,6-7,12-13,15H2,1H3,(H,24,26). The normalized spacial score (nSPS) is 15.8. The minimum Gasteiger partial charge on any atom is -0.452 e. The number of hydrogen-bond donors (Lipinski definition) is 1. The average molecular weight is 449 g/mol. The zero-order chi connectivity index (χ0) is 22.4. The number of halogens is 1. The molecule has 31 heavy (non-hydrogen) atoms. The fourth-order valence-corrected chi connectivity index (χ4v) is 5.00. The van der Waals surface area contributed by atoms with Crippen LogP contribution in [0.1, 0.15) is 48.1 Å². The van der Waals surface area contributed by atoms with Gasteiger partial charge >= 0.3 is 5.97 Å². The second kappa shape index (κ2) is 10.0. The van der Waals surface area contributed by atoms with Gasteiger partial charge in [0.15, 0.2) is 6.61 Å². The summed E-state index contributed by atoms with van der Waals surface area (Å²) in [5, 5.41) is 2.71. The van der Waals surface area contributed by atoms with Gasteiger partial charge in [-0.2, -0.15) is 4.31 Å². The predicted octanol–water partition coefficient (Wildman–Crippen LogP) is 3.03. The van der Waals surface area contributed by atoms with Crippen LogP contribution in [0.25, 0.3) is 0 Å². The highest BCUT2D eigenvalue weighted by molar-refractivity contribution is 7.89. The van der Waals surface area contributed by atoms with Crippen molar-refractivity contribution in [2.45, 2.75) is 37.1 Å². The quantitative estimate of drug-likeness (QED) is 0.658. The van der Waals surface area contributed by atoms with Crippen molar-refractivity contribution >= 4 is 21.9 Å². The number of nitrogens with one attached hydrogen (secondary N) is 1. The predicted molar refractivity (Wildman–Crippen MR) is 112 cm³/mol. The molecule has 0 aromatic heterocycles. The number of rotatable bonds is 7. The molecule has 0 spiro atoms. The van der Waals surface area contributed by atoms with E-state index in [0.717, 1.165) is 30.2 Å². The Hall–Kier alpha value is -2.78. The molecule has 1 fully saturated rings. The van der Waals surface area contributed by atoms with E-state index in [1.54, 1.807) is 6.92 Å². The third kappa shape index (κ3) is 5.68. The molecule has 0 bridgehead atoms. The molecule has 2 aromatic rings. The number of piperidine rings is 1. The van der Waals surface area contributed by atoms with E-state index in [4.69, 9.17) is 4.74 Å². The zero-order valence-corrected chi connectivity index (χ0v) is 18.0. The van der Waals surface area contributed by atoms with Gasteiger partial charge in [-0.15, -0.1) is 0 Å². The molecule has 166 valence electrons. The van der Waals surface area contributed by atoms with Crippen molar-refractivity contribution in [3.63, 3.8) is 0 Å². The number of amides is 1. The fraction of sp³-hybridized carbons (Fsp3) is 0.364. The Bertz CT molecular complexity index is 1040. The summed E-state index contributed by atoms with van der Waals surface area (Å²) >= 11 is 0. The maximum atomic E-state index is 14.3. The van der Waals surface area contributed by atoms with Crippen LogP contribution in [0.4, 0.5) is 4.39 Å². The Morgan fingerprint density at radius 2 is 1.77 bits per heavy atom. The summed E-state index contributed by atoms with van der Waals surface area (Å²) in [5.74, 6) is -2.35. The van der Waals surface area contributed by atoms with Gasteiger partial charge in [-0.1, -0.05) is 36.8 Å². The lowest BCUT2D eigenvalue weighted by Crippen LogP contribution is -2.36. The van der Waals surface area contributed by atoms with Crippen molar-refractivity contribution in [3.05, 3.63) is 65.5 Å². The third-order valence-corrected chi connectivity index (χ3v) is 7.02. The van der Waals surface area contributed by atoms with Gasteiger partial charge in [-0.3, -0.25) is 4.79 Å². The highest BCUT2D eigenvalue weighted by Crippen LogP contribution is 2.24. The lowest BCUT2D eigenvalue weighted by molar-refractivity contribution is -0.124. The lowest BCUT2D eigenvalue weighted by atomic mass is 10.1. The molecule has 1 aliphatic rings. The van der Waals surface area contributed by atoms with Crippen molar-refractivity contribution in [1.29, 1.82) is 0 Å². The summed E-state index contributed by atoms with van der Waals surface area (Å²) in [7, 11) is -4.06. The molecule has 1 N–H and O–H groups in total. The molecular weight excluding hydrogens is 423 g/mol. The van der Waals surface area contributed by atoms with E-state index in [-0.39, 0.29) is 11.6 Å². The molecule has 1 atom stereocenters. The van der Waals surface area contributed by atoms with Crippen LogP contribution in [0.5, 0.6) is 0 Å². The summed E-state index contributed by atoms with van der Waals surface area (Å²) in [6, 6.07) is 12.0. The van der Waals surface area contributed by atoms with E-state index >= 15 is 0 Å². The van der Waals surface area contributed by atoms with Crippen molar-refractivity contribution in [2.75, 3.05) is 19.7 Å². The van der Waals surface area contributed by atoms with Gasteiger partial charge in [0, 0.05) is 13.1 Å². The van der Waals surface area contributed by atoms with E-state index in [1.165, 1.54) is 4.31 Å². The number of carbonyl (C=O) groups excluding carboxylic acids is 2. The van der Waals surface area contributed by atoms with E-state index in [0.29, 0.717) is 25.9 Å². The van der Waals surface area contributed by atoms with Crippen molar-refractivity contribution in [3.8, 4) is 0 Å². The van der Waals surface area contributed by atoms with Gasteiger partial charge in [0.1, 0.15) is 10.7 Å². The first-order valence-corrected chi connectivity index (χ1v) is 11.5. The van der Waals surface area contributed by atoms with Gasteiger partial charge in [-0.05, 0) is 43.5 Å². The van der Waals surface area contributed by atoms with Crippen LogP contribution in [0.2, 0.25) is 0 Å². The average Bonchev–Trinajstić information content (AvgIpc) is 2.78. The van der Waals surface area contributed by atoms with Crippen LogP contribution in [-0.4, -0.2) is 44.3 Å². The Morgan fingerprint density at radius 1 is 1.10 bits per heavy atom. The molecule has 1 heterocycles. The summed E-state index contributed by atoms with van der Waals surface area (Å²) < 4.78 is 46.1. The number of nitrogens with zero attached hydrogens (tertiary/aromatic N) is 1. The molecule has 9 heteroatoms. The number of esters is 1. The van der Waals surface area contributed by atoms with Crippen LogP contribution < -0.4 is 5.32 Å². The molecule has 1 unspecified atom stereocenters. The molecule has 7 nitrogen and oxygen atoms in total. The first kappa shape index (κ1) is 22.9. The van der Waals surface area contributed by atoms with E-state index in [2.05, 4.69) is 5.32 Å². The van der Waals surface area contributed by atoms with Crippen LogP contribution in [0.3, 0.4) is 0 Å². The number of sulfonamides is 1. The lowest BCUT2D eigenvalue weighted by Gasteiger charge is -2.26. The van der Waals surface area contributed by atoms with Gasteiger partial charge in [0.05, 0.1) is 11.6 Å². The van der Waals surface area contributed by atoms with E-state index < -0.39 is 39.2 Å². The molecule has 1 aliphatic heterocycles.